The number of likely N-dealkylation sites (N-methyl/N-ethyl adjacent to an activating group) is 1. The van der Waals surface area contributed by atoms with Crippen LogP contribution < -0.4 is 28.3 Å². The summed E-state index contributed by atoms with van der Waals surface area (Å²) in [5.41, 5.74) is 22.6. The van der Waals surface area contributed by atoms with E-state index in [2.05, 4.69) is 9.84 Å². The first-order chi connectivity index (χ1) is 17.1. The third-order valence-electron chi connectivity index (χ3n) is 7.00. The maximum absolute atomic E-state index is 11.4. The molecule has 15 N–H and O–H groups in total. The molecule has 0 radical (unpaired) electrons. The van der Waals surface area contributed by atoms with Crippen molar-refractivity contribution in [2.45, 2.75) is 98.4 Å². The van der Waals surface area contributed by atoms with Gasteiger partial charge < -0.3 is 77.4 Å². The summed E-state index contributed by atoms with van der Waals surface area (Å²) in [4.78, 5) is 18.5. The molecule has 0 unspecified atom stereocenters. The van der Waals surface area contributed by atoms with E-state index in [9.17, 15) is 34.8 Å². The van der Waals surface area contributed by atoms with E-state index in [-0.39, 0.29) is 19.6 Å². The normalized spacial score (nSPS) is 49.7. The van der Waals surface area contributed by atoms with Crippen molar-refractivity contribution in [2.24, 2.45) is 22.9 Å². The third-order valence-corrected chi connectivity index (χ3v) is 7.51. The molecule has 3 rings (SSSR count). The van der Waals surface area contributed by atoms with Crippen LogP contribution in [0.1, 0.15) is 13.3 Å². The zero-order chi connectivity index (χ0) is 27.9. The van der Waals surface area contributed by atoms with E-state index in [1.54, 1.807) is 7.05 Å². The van der Waals surface area contributed by atoms with Gasteiger partial charge in [0.15, 0.2) is 12.6 Å². The molecule has 18 heteroatoms. The Labute approximate surface area is 213 Å². The van der Waals surface area contributed by atoms with Crippen LogP contribution in [0.5, 0.6) is 0 Å². The van der Waals surface area contributed by atoms with Crippen molar-refractivity contribution in [3.8, 4) is 0 Å². The van der Waals surface area contributed by atoms with Crippen molar-refractivity contribution in [1.29, 1.82) is 0 Å². The van der Waals surface area contributed by atoms with Crippen LogP contribution in [0.2, 0.25) is 0 Å². The van der Waals surface area contributed by atoms with Crippen LogP contribution in [0.4, 0.5) is 0 Å². The van der Waals surface area contributed by atoms with E-state index < -0.39 is 92.9 Å². The smallest absolute Gasteiger partial charge is 0.388 e. The molecule has 0 aromatic carbocycles. The van der Waals surface area contributed by atoms with Crippen LogP contribution in [-0.4, -0.2) is 135 Å². The highest BCUT2D eigenvalue weighted by Gasteiger charge is 2.53. The minimum atomic E-state index is -5.06. The number of hydrogen-bond acceptors (Lipinski definition) is 15. The Morgan fingerprint density at radius 3 is 2.08 bits per heavy atom. The number of hydrogen-bond donors (Lipinski definition) is 11. The summed E-state index contributed by atoms with van der Waals surface area (Å²) in [5.74, 6) is 0. The molecule has 2 heterocycles. The highest BCUT2D eigenvalue weighted by atomic mass is 31.2. The molecule has 3 fully saturated rings. The summed E-state index contributed by atoms with van der Waals surface area (Å²) < 4.78 is 38.9. The SMILES string of the molecule is CN[C@@H]1[C@@H](O)[C@@H](O[C@@H]2[C@@H](O)[C@H](O[C@H]3O[C@H](CN)[C@@H](O)[C@H](OP(=O)(O)O)[C@H]3N)[C@@H](N)C[C@H]2N)OC[C@]1(C)O. The van der Waals surface area contributed by atoms with Gasteiger partial charge in [-0.05, 0) is 20.4 Å². The zero-order valence-corrected chi connectivity index (χ0v) is 21.4. The predicted octanol–water partition coefficient (Wildman–Crippen LogP) is -5.92. The number of nitrogens with two attached hydrogens (primary N) is 4. The van der Waals surface area contributed by atoms with Crippen LogP contribution in [0, 0.1) is 0 Å². The molecule has 14 atom stereocenters. The van der Waals surface area contributed by atoms with Crippen molar-refractivity contribution in [1.82, 2.24) is 5.32 Å². The van der Waals surface area contributed by atoms with Gasteiger partial charge in [-0.1, -0.05) is 0 Å². The lowest BCUT2D eigenvalue weighted by Crippen LogP contribution is -2.69. The molecule has 0 aromatic rings. The third kappa shape index (κ3) is 6.85. The van der Waals surface area contributed by atoms with Gasteiger partial charge in [0, 0.05) is 18.6 Å². The van der Waals surface area contributed by atoms with Gasteiger partial charge in [0.25, 0.3) is 0 Å². The number of rotatable bonds is 8. The average molecular weight is 562 g/mol. The van der Waals surface area contributed by atoms with E-state index in [1.165, 1.54) is 6.92 Å². The van der Waals surface area contributed by atoms with Crippen LogP contribution in [0.15, 0.2) is 0 Å². The number of aliphatic hydroxyl groups excluding tert-OH is 3. The summed E-state index contributed by atoms with van der Waals surface area (Å²) in [6.45, 7) is 1.05. The molecule has 3 aliphatic rings. The van der Waals surface area contributed by atoms with Crippen molar-refractivity contribution < 1.29 is 58.2 Å². The van der Waals surface area contributed by atoms with Gasteiger partial charge in [0.05, 0.1) is 18.7 Å². The number of nitrogens with one attached hydrogen (secondary N) is 1. The highest BCUT2D eigenvalue weighted by Crippen LogP contribution is 2.41. The predicted molar refractivity (Wildman–Crippen MR) is 124 cm³/mol. The van der Waals surface area contributed by atoms with E-state index in [0.29, 0.717) is 0 Å². The second kappa shape index (κ2) is 12.0. The van der Waals surface area contributed by atoms with E-state index in [4.69, 9.17) is 41.9 Å². The van der Waals surface area contributed by atoms with Crippen LogP contribution in [0.25, 0.3) is 0 Å². The van der Waals surface area contributed by atoms with Crippen molar-refractivity contribution in [3.05, 3.63) is 0 Å². The molecule has 1 saturated carbocycles. The fraction of sp³-hybridized carbons (Fsp3) is 1.00. The number of ether oxygens (including phenoxy) is 4. The molecule has 0 aromatic heterocycles. The second-order valence-electron chi connectivity index (χ2n) is 9.96. The molecule has 218 valence electrons. The fourth-order valence-corrected chi connectivity index (χ4v) is 5.64. The lowest BCUT2D eigenvalue weighted by Gasteiger charge is -2.49. The monoisotopic (exact) mass is 561 g/mol. The van der Waals surface area contributed by atoms with Crippen LogP contribution >= 0.6 is 7.82 Å². The molecule has 17 nitrogen and oxygen atoms in total. The van der Waals surface area contributed by atoms with Gasteiger partial charge in [-0.2, -0.15) is 0 Å². The molecule has 37 heavy (non-hydrogen) atoms. The Bertz CT molecular complexity index is 809. The molecular formula is C19H40N5O12P. The maximum atomic E-state index is 11.4. The standard InChI is InChI=1S/C19H40N5O12P/c1-19(28)5-32-18(12(27)16(19)24-2)35-14-7(22)3-6(21)13(11(14)26)34-17-9(23)15(36-37(29,30)31)10(25)8(4-20)33-17/h6-18,24-28H,3-5,20-23H2,1-2H3,(H2,29,30,31)/t6-,7+,8+,9+,10+,11-,12+,13+,14-,15+,16+,17+,18+,19-/m0/s1. The Hall–Kier alpha value is -0.410. The summed E-state index contributed by atoms with van der Waals surface area (Å²) in [5, 5.41) is 45.4. The van der Waals surface area contributed by atoms with Gasteiger partial charge in [-0.15, -0.1) is 0 Å². The van der Waals surface area contributed by atoms with Crippen LogP contribution in [0.3, 0.4) is 0 Å². The van der Waals surface area contributed by atoms with Gasteiger partial charge in [-0.3, -0.25) is 4.52 Å². The van der Waals surface area contributed by atoms with Gasteiger partial charge in [0.1, 0.15) is 48.3 Å². The number of phosphoric acid groups is 1. The zero-order valence-electron chi connectivity index (χ0n) is 20.5. The summed E-state index contributed by atoms with van der Waals surface area (Å²) in [6.07, 6.45) is -12.2. The maximum Gasteiger partial charge on any atom is 0.470 e. The van der Waals surface area contributed by atoms with Crippen molar-refractivity contribution >= 4 is 7.82 Å². The summed E-state index contributed by atoms with van der Waals surface area (Å²) in [7, 11) is -3.51. The number of aliphatic hydroxyl groups is 4. The van der Waals surface area contributed by atoms with Crippen molar-refractivity contribution in [2.75, 3.05) is 20.2 Å². The van der Waals surface area contributed by atoms with E-state index in [1.807, 2.05) is 0 Å². The second-order valence-corrected chi connectivity index (χ2v) is 11.1. The van der Waals surface area contributed by atoms with Gasteiger partial charge >= 0.3 is 7.82 Å². The summed E-state index contributed by atoms with van der Waals surface area (Å²) >= 11 is 0. The molecular weight excluding hydrogens is 521 g/mol. The Balaban J connectivity index is 1.76. The quantitative estimate of drug-likeness (QED) is 0.123. The minimum absolute atomic E-state index is 0.0929. The number of phosphoric ester groups is 1. The van der Waals surface area contributed by atoms with Gasteiger partial charge in [0.2, 0.25) is 0 Å². The molecule has 0 amide bonds. The van der Waals surface area contributed by atoms with E-state index in [0.717, 1.165) is 0 Å². The Morgan fingerprint density at radius 1 is 1.00 bits per heavy atom. The largest absolute Gasteiger partial charge is 0.470 e. The molecule has 0 spiro atoms. The molecule has 2 aliphatic heterocycles. The van der Waals surface area contributed by atoms with E-state index >= 15 is 0 Å². The lowest BCUT2D eigenvalue weighted by atomic mass is 9.84. The minimum Gasteiger partial charge on any atom is -0.388 e. The first-order valence-corrected chi connectivity index (χ1v) is 13.4. The average Bonchev–Trinajstić information content (AvgIpc) is 2.79. The Morgan fingerprint density at radius 2 is 1.57 bits per heavy atom. The topological polar surface area (TPSA) is 301 Å². The molecule has 1 aliphatic carbocycles. The summed E-state index contributed by atoms with van der Waals surface area (Å²) in [6, 6.07) is -3.88. The van der Waals surface area contributed by atoms with Crippen LogP contribution in [-0.2, 0) is 28.0 Å². The molecule has 2 saturated heterocycles. The highest BCUT2D eigenvalue weighted by molar-refractivity contribution is 7.46. The first-order valence-electron chi connectivity index (χ1n) is 11.8. The lowest BCUT2D eigenvalue weighted by molar-refractivity contribution is -0.313. The Kier molecular flexibility index (Phi) is 10.1. The van der Waals surface area contributed by atoms with Gasteiger partial charge in [-0.25, -0.2) is 4.57 Å². The van der Waals surface area contributed by atoms with Crippen molar-refractivity contribution in [3.63, 3.8) is 0 Å². The molecule has 0 bridgehead atoms. The first kappa shape index (κ1) is 31.1. The fourth-order valence-electron chi connectivity index (χ4n) is 5.06.